The highest BCUT2D eigenvalue weighted by Gasteiger charge is 2.41. The van der Waals surface area contributed by atoms with Crippen LogP contribution in [0.1, 0.15) is 42.3 Å². The molecule has 31 heavy (non-hydrogen) atoms. The molecule has 3 aromatic rings. The van der Waals surface area contributed by atoms with Crippen LogP contribution in [0.15, 0.2) is 36.4 Å². The van der Waals surface area contributed by atoms with Crippen LogP contribution in [0, 0.1) is 6.92 Å². The SMILES string of the molecule is COCc1nc2ccc(C)cc2c2c1C(=O)N(NC(=O)c1ccc3c(c1)OCO3)C2=O. The molecule has 156 valence electrons. The monoisotopic (exact) mass is 419 g/mol. The fourth-order valence-electron chi connectivity index (χ4n) is 3.74. The largest absolute Gasteiger partial charge is 0.454 e. The first-order valence-corrected chi connectivity index (χ1v) is 9.49. The lowest BCUT2D eigenvalue weighted by atomic mass is 10.0. The highest BCUT2D eigenvalue weighted by atomic mass is 16.7. The lowest BCUT2D eigenvalue weighted by molar-refractivity contribution is 0.0517. The van der Waals surface area contributed by atoms with Gasteiger partial charge in [-0.25, -0.2) is 4.98 Å². The molecule has 0 fully saturated rings. The van der Waals surface area contributed by atoms with E-state index in [0.29, 0.717) is 28.1 Å². The second-order valence-corrected chi connectivity index (χ2v) is 7.22. The van der Waals surface area contributed by atoms with E-state index in [4.69, 9.17) is 14.2 Å². The van der Waals surface area contributed by atoms with Crippen LogP contribution in [0.3, 0.4) is 0 Å². The number of hydrazine groups is 1. The number of fused-ring (bicyclic) bond motifs is 4. The number of nitrogens with zero attached hydrogens (tertiary/aromatic N) is 2. The molecule has 5 rings (SSSR count). The molecule has 9 heteroatoms. The summed E-state index contributed by atoms with van der Waals surface area (Å²) in [7, 11) is 1.48. The van der Waals surface area contributed by atoms with Gasteiger partial charge in [0.25, 0.3) is 17.7 Å². The Morgan fingerprint density at radius 1 is 1.10 bits per heavy atom. The smallest absolute Gasteiger partial charge is 0.282 e. The summed E-state index contributed by atoms with van der Waals surface area (Å²) >= 11 is 0. The Morgan fingerprint density at radius 2 is 1.87 bits per heavy atom. The molecule has 1 aromatic heterocycles. The van der Waals surface area contributed by atoms with Crippen LogP contribution in [0.25, 0.3) is 10.9 Å². The van der Waals surface area contributed by atoms with Gasteiger partial charge in [0.1, 0.15) is 0 Å². The van der Waals surface area contributed by atoms with Crippen molar-refractivity contribution >= 4 is 28.6 Å². The number of amides is 3. The Morgan fingerprint density at radius 3 is 2.68 bits per heavy atom. The molecular weight excluding hydrogens is 402 g/mol. The third-order valence-corrected chi connectivity index (χ3v) is 5.18. The maximum Gasteiger partial charge on any atom is 0.282 e. The van der Waals surface area contributed by atoms with Crippen molar-refractivity contribution in [1.82, 2.24) is 15.4 Å². The van der Waals surface area contributed by atoms with Crippen molar-refractivity contribution in [3.63, 3.8) is 0 Å². The Balaban J connectivity index is 1.54. The first kappa shape index (κ1) is 19.0. The molecule has 0 aliphatic carbocycles. The van der Waals surface area contributed by atoms with Gasteiger partial charge in [0, 0.05) is 18.1 Å². The molecule has 3 amide bonds. The van der Waals surface area contributed by atoms with E-state index in [2.05, 4.69) is 10.4 Å². The van der Waals surface area contributed by atoms with E-state index in [1.165, 1.54) is 19.2 Å². The van der Waals surface area contributed by atoms with Crippen molar-refractivity contribution in [3.05, 3.63) is 64.3 Å². The lowest BCUT2D eigenvalue weighted by Crippen LogP contribution is -2.46. The van der Waals surface area contributed by atoms with E-state index in [0.717, 1.165) is 10.6 Å². The van der Waals surface area contributed by atoms with Gasteiger partial charge in [-0.05, 0) is 37.3 Å². The maximum absolute atomic E-state index is 13.2. The Labute approximate surface area is 176 Å². The number of hydrogen-bond acceptors (Lipinski definition) is 7. The number of aromatic nitrogens is 1. The van der Waals surface area contributed by atoms with Gasteiger partial charge in [0.2, 0.25) is 6.79 Å². The van der Waals surface area contributed by atoms with E-state index in [-0.39, 0.29) is 30.1 Å². The molecule has 0 unspecified atom stereocenters. The highest BCUT2D eigenvalue weighted by Crippen LogP contribution is 2.34. The highest BCUT2D eigenvalue weighted by molar-refractivity contribution is 6.27. The van der Waals surface area contributed by atoms with Crippen LogP contribution < -0.4 is 14.9 Å². The molecule has 3 heterocycles. The van der Waals surface area contributed by atoms with E-state index in [1.54, 1.807) is 18.2 Å². The lowest BCUT2D eigenvalue weighted by Gasteiger charge is -2.15. The molecular formula is C22H17N3O6. The van der Waals surface area contributed by atoms with Crippen LogP contribution in [0.2, 0.25) is 0 Å². The standard InChI is InChI=1S/C22H17N3O6/c1-11-3-5-14-13(7-11)18-19(15(23-14)9-29-2)22(28)25(21(18)27)24-20(26)12-4-6-16-17(8-12)31-10-30-16/h3-8H,9-10H2,1-2H3,(H,24,26). The van der Waals surface area contributed by atoms with Gasteiger partial charge >= 0.3 is 0 Å². The van der Waals surface area contributed by atoms with Crippen LogP contribution in [0.4, 0.5) is 0 Å². The quantitative estimate of drug-likeness (QED) is 0.647. The van der Waals surface area contributed by atoms with Gasteiger partial charge in [0.15, 0.2) is 11.5 Å². The van der Waals surface area contributed by atoms with Crippen molar-refractivity contribution < 1.29 is 28.6 Å². The molecule has 2 aliphatic heterocycles. The number of benzene rings is 2. The van der Waals surface area contributed by atoms with E-state index in [9.17, 15) is 14.4 Å². The minimum Gasteiger partial charge on any atom is -0.454 e. The molecule has 2 aromatic carbocycles. The summed E-state index contributed by atoms with van der Waals surface area (Å²) in [6, 6.07) is 10.1. The summed E-state index contributed by atoms with van der Waals surface area (Å²) in [4.78, 5) is 43.6. The molecule has 0 radical (unpaired) electrons. The summed E-state index contributed by atoms with van der Waals surface area (Å²) in [5.41, 5.74) is 4.80. The van der Waals surface area contributed by atoms with Gasteiger partial charge in [-0.1, -0.05) is 11.6 Å². The predicted octanol–water partition coefficient (Wildman–Crippen LogP) is 2.36. The summed E-state index contributed by atoms with van der Waals surface area (Å²) in [6.07, 6.45) is 0. The van der Waals surface area contributed by atoms with Gasteiger partial charge in [-0.2, -0.15) is 5.01 Å². The number of carbonyl (C=O) groups is 3. The molecule has 0 atom stereocenters. The first-order chi connectivity index (χ1) is 15.0. The summed E-state index contributed by atoms with van der Waals surface area (Å²) in [5.74, 6) is -0.964. The number of rotatable bonds is 4. The van der Waals surface area contributed by atoms with Crippen molar-refractivity contribution in [2.45, 2.75) is 13.5 Å². The summed E-state index contributed by atoms with van der Waals surface area (Å²) in [5, 5.41) is 1.27. The van der Waals surface area contributed by atoms with Gasteiger partial charge in [-0.15, -0.1) is 0 Å². The van der Waals surface area contributed by atoms with Crippen molar-refractivity contribution in [3.8, 4) is 11.5 Å². The summed E-state index contributed by atoms with van der Waals surface area (Å²) in [6.45, 7) is 2.00. The zero-order valence-electron chi connectivity index (χ0n) is 16.7. The number of nitrogens with one attached hydrogen (secondary N) is 1. The molecule has 9 nitrogen and oxygen atoms in total. The molecule has 2 aliphatic rings. The van der Waals surface area contributed by atoms with Crippen molar-refractivity contribution in [1.29, 1.82) is 0 Å². The number of carbonyl (C=O) groups excluding carboxylic acids is 3. The maximum atomic E-state index is 13.2. The number of pyridine rings is 1. The minimum absolute atomic E-state index is 0.0507. The number of hydrogen-bond donors (Lipinski definition) is 1. The number of imide groups is 1. The second-order valence-electron chi connectivity index (χ2n) is 7.22. The number of ether oxygens (including phenoxy) is 3. The Bertz CT molecular complexity index is 1290. The van der Waals surface area contributed by atoms with Crippen LogP contribution in [0.5, 0.6) is 11.5 Å². The number of methoxy groups -OCH3 is 1. The van der Waals surface area contributed by atoms with Crippen molar-refractivity contribution in [2.75, 3.05) is 13.9 Å². The topological polar surface area (TPSA) is 107 Å². The third-order valence-electron chi connectivity index (χ3n) is 5.18. The zero-order chi connectivity index (χ0) is 21.7. The zero-order valence-corrected chi connectivity index (χ0v) is 16.7. The van der Waals surface area contributed by atoms with Gasteiger partial charge in [0.05, 0.1) is 28.9 Å². The van der Waals surface area contributed by atoms with E-state index in [1.807, 2.05) is 13.0 Å². The normalized spacial score (nSPS) is 14.3. The summed E-state index contributed by atoms with van der Waals surface area (Å²) < 4.78 is 15.7. The third kappa shape index (κ3) is 2.98. The second kappa shape index (κ2) is 7.06. The molecule has 0 saturated carbocycles. The Kier molecular flexibility index (Phi) is 4.33. The average Bonchev–Trinajstić information content (AvgIpc) is 3.32. The molecule has 0 bridgehead atoms. The van der Waals surface area contributed by atoms with Crippen LogP contribution >= 0.6 is 0 Å². The van der Waals surface area contributed by atoms with Crippen LogP contribution in [-0.4, -0.2) is 41.6 Å². The molecule has 0 saturated heterocycles. The average molecular weight is 419 g/mol. The molecule has 0 spiro atoms. The van der Waals surface area contributed by atoms with Gasteiger partial charge < -0.3 is 14.2 Å². The van der Waals surface area contributed by atoms with E-state index < -0.39 is 17.7 Å². The first-order valence-electron chi connectivity index (χ1n) is 9.49. The molecule has 1 N–H and O–H groups in total. The Hall–Kier alpha value is -3.98. The van der Waals surface area contributed by atoms with Gasteiger partial charge in [-0.3, -0.25) is 19.8 Å². The minimum atomic E-state index is -0.656. The van der Waals surface area contributed by atoms with Crippen molar-refractivity contribution in [2.24, 2.45) is 0 Å². The number of aryl methyl sites for hydroxylation is 1. The predicted molar refractivity (Wildman–Crippen MR) is 108 cm³/mol. The fourth-order valence-corrected chi connectivity index (χ4v) is 3.74. The van der Waals surface area contributed by atoms with E-state index >= 15 is 0 Å². The van der Waals surface area contributed by atoms with Crippen LogP contribution in [-0.2, 0) is 11.3 Å². The fraction of sp³-hybridized carbons (Fsp3) is 0.182.